The number of benzene rings is 13. The van der Waals surface area contributed by atoms with Crippen LogP contribution in [0.5, 0.6) is 0 Å². The van der Waals surface area contributed by atoms with E-state index in [1.54, 1.807) is 0 Å². The average molecular weight is 1180 g/mol. The third-order valence-electron chi connectivity index (χ3n) is 18.8. The quantitative estimate of drug-likeness (QED) is 0.128. The van der Waals surface area contributed by atoms with Gasteiger partial charge in [0, 0.05) is 67.2 Å². The van der Waals surface area contributed by atoms with Crippen LogP contribution in [-0.2, 0) is 0 Å². The number of rotatable bonds is 10. The summed E-state index contributed by atoms with van der Waals surface area (Å²) in [7, 11) is 0. The second kappa shape index (κ2) is 22.1. The normalized spacial score (nSPS) is 12.3. The van der Waals surface area contributed by atoms with Gasteiger partial charge in [0.25, 0.3) is 6.71 Å². The van der Waals surface area contributed by atoms with E-state index in [0.29, 0.717) is 17.5 Å². The zero-order chi connectivity index (χ0) is 61.6. The fraction of sp³-hybridized carbons (Fsp3) is 0.0471. The number of nitrogens with zero attached hydrogens (tertiary/aromatic N) is 6. The Bertz CT molecular complexity index is 5130. The highest BCUT2D eigenvalue weighted by Gasteiger charge is 2.43. The summed E-state index contributed by atoms with van der Waals surface area (Å²) in [4.78, 5) is 20.7. The van der Waals surface area contributed by atoms with E-state index in [1.165, 1.54) is 83.0 Å². The summed E-state index contributed by atoms with van der Waals surface area (Å²) in [6.07, 6.45) is 0. The van der Waals surface area contributed by atoms with Gasteiger partial charge in [-0.15, -0.1) is 0 Å². The molecule has 0 unspecified atom stereocenters. The van der Waals surface area contributed by atoms with Crippen LogP contribution < -0.4 is 26.2 Å². The highest BCUT2D eigenvalue weighted by atomic mass is 15.2. The van der Waals surface area contributed by atoms with Crippen molar-refractivity contribution < 1.29 is 0 Å². The fourth-order valence-corrected chi connectivity index (χ4v) is 14.6. The minimum absolute atomic E-state index is 0.00146. The smallest absolute Gasteiger partial charge is 0.252 e. The Balaban J connectivity index is 0.923. The van der Waals surface area contributed by atoms with Crippen LogP contribution in [0.4, 0.5) is 34.1 Å². The summed E-state index contributed by atoms with van der Waals surface area (Å²) in [6.45, 7) is 8.78. The Morgan fingerprint density at radius 1 is 0.272 bits per heavy atom. The Hall–Kier alpha value is -11.7. The number of aromatic nitrogens is 4. The summed E-state index contributed by atoms with van der Waals surface area (Å²) < 4.78 is 2.49. The van der Waals surface area contributed by atoms with Crippen LogP contribution in [0.25, 0.3) is 106 Å². The summed E-state index contributed by atoms with van der Waals surface area (Å²) in [5.74, 6) is 1.81. The maximum Gasteiger partial charge on any atom is 0.252 e. The van der Waals surface area contributed by atoms with Crippen LogP contribution in [0.15, 0.2) is 297 Å². The highest BCUT2D eigenvalue weighted by molar-refractivity contribution is 7.00. The van der Waals surface area contributed by atoms with Crippen LogP contribution in [0.3, 0.4) is 0 Å². The van der Waals surface area contributed by atoms with Crippen LogP contribution in [0, 0.1) is 27.7 Å². The molecule has 0 atom stereocenters. The lowest BCUT2D eigenvalue weighted by atomic mass is 9.33. The monoisotopic (exact) mass is 1180 g/mol. The SMILES string of the molecule is Cc1ccc(-c2ccc3c(c2)c2cc(-c4ccc(C)cc4C)ccc2n3-c2ccc(-c3nc(-c4ccccc4)nc(-c4ccccc4)n3)cc2-c2cccc(-c3cc4c5c(c3)N(c3ccccc3)c3ccccc3B5c3ccccc3N4c3ccccc3)c2)c(C)c1. The third-order valence-corrected chi connectivity index (χ3v) is 18.8. The summed E-state index contributed by atoms with van der Waals surface area (Å²) in [6, 6.07) is 109. The summed E-state index contributed by atoms with van der Waals surface area (Å²) in [5, 5.41) is 2.36. The third kappa shape index (κ3) is 9.23. The number of aryl methyl sites for hydroxylation is 4. The van der Waals surface area contributed by atoms with Crippen molar-refractivity contribution in [1.29, 1.82) is 0 Å². The molecule has 0 aliphatic carbocycles. The minimum atomic E-state index is -0.00146. The van der Waals surface area contributed by atoms with Crippen LogP contribution in [0.2, 0.25) is 0 Å². The van der Waals surface area contributed by atoms with Gasteiger partial charge < -0.3 is 14.4 Å². The van der Waals surface area contributed by atoms with E-state index in [1.807, 2.05) is 36.4 Å². The molecule has 0 radical (unpaired) electrons. The molecule has 0 amide bonds. The predicted octanol–water partition coefficient (Wildman–Crippen LogP) is 20.0. The van der Waals surface area contributed by atoms with Crippen molar-refractivity contribution in [2.24, 2.45) is 0 Å². The van der Waals surface area contributed by atoms with E-state index in [0.717, 1.165) is 78.4 Å². The van der Waals surface area contributed by atoms with E-state index >= 15 is 0 Å². The molecule has 13 aromatic carbocycles. The molecular formula is C85H61BN6. The lowest BCUT2D eigenvalue weighted by molar-refractivity contribution is 1.07. The minimum Gasteiger partial charge on any atom is -0.311 e. The molecule has 7 heteroatoms. The molecule has 0 saturated heterocycles. The van der Waals surface area contributed by atoms with Gasteiger partial charge in [-0.25, -0.2) is 15.0 Å². The first kappa shape index (κ1) is 54.5. The van der Waals surface area contributed by atoms with Gasteiger partial charge in [-0.1, -0.05) is 211 Å². The van der Waals surface area contributed by atoms with Gasteiger partial charge >= 0.3 is 0 Å². The molecule has 0 spiro atoms. The number of para-hydroxylation sites is 4. The van der Waals surface area contributed by atoms with E-state index in [4.69, 9.17) is 15.0 Å². The van der Waals surface area contributed by atoms with Gasteiger partial charge in [0.2, 0.25) is 0 Å². The molecule has 0 N–H and O–H groups in total. The van der Waals surface area contributed by atoms with E-state index < -0.39 is 0 Å². The van der Waals surface area contributed by atoms with Gasteiger partial charge in [-0.05, 0) is 191 Å². The number of fused-ring (bicyclic) bond motifs is 7. The van der Waals surface area contributed by atoms with Crippen molar-refractivity contribution in [3.05, 3.63) is 320 Å². The molecular weight excluding hydrogens is 1120 g/mol. The van der Waals surface area contributed by atoms with E-state index in [2.05, 4.69) is 303 Å². The van der Waals surface area contributed by atoms with Crippen molar-refractivity contribution in [2.45, 2.75) is 27.7 Å². The first-order valence-electron chi connectivity index (χ1n) is 31.7. The van der Waals surface area contributed by atoms with Crippen molar-refractivity contribution in [3.8, 4) is 84.4 Å². The molecule has 0 bridgehead atoms. The second-order valence-corrected chi connectivity index (χ2v) is 24.6. The van der Waals surface area contributed by atoms with Gasteiger partial charge in [0.1, 0.15) is 0 Å². The lowest BCUT2D eigenvalue weighted by Crippen LogP contribution is -2.61. The summed E-state index contributed by atoms with van der Waals surface area (Å²) >= 11 is 0. The first-order valence-corrected chi connectivity index (χ1v) is 31.7. The zero-order valence-corrected chi connectivity index (χ0v) is 51.6. The standard InChI is InChI=1S/C85H61BN6/c1-54-36-41-68(56(3)46-54)62-38-43-76-71(49-62)72-50-63(69-42-37-55(2)47-57(69)4)39-44-77(72)92(76)75-45-40-64(85-88-83(58-22-9-5-10-23-58)87-84(89-85)59-24-11-6-12-25-59)51-70(75)61-27-21-26-60(48-61)65-52-80-82-81(53-65)91(67-30-15-8-16-31-67)79-35-20-18-33-74(79)86(82)73-32-17-19-34-78(73)90(80)66-28-13-7-14-29-66/h5-53H,1-4H3. The molecule has 2 aliphatic rings. The molecule has 92 heavy (non-hydrogen) atoms. The molecule has 17 rings (SSSR count). The number of hydrogen-bond acceptors (Lipinski definition) is 5. The molecule has 434 valence electrons. The van der Waals surface area contributed by atoms with Gasteiger partial charge in [0.15, 0.2) is 17.5 Å². The van der Waals surface area contributed by atoms with Gasteiger partial charge in [-0.3, -0.25) is 0 Å². The highest BCUT2D eigenvalue weighted by Crippen LogP contribution is 2.48. The predicted molar refractivity (Wildman–Crippen MR) is 385 cm³/mol. The molecule has 0 fully saturated rings. The summed E-state index contributed by atoms with van der Waals surface area (Å²) in [5.41, 5.74) is 30.8. The molecule has 15 aromatic rings. The molecule has 2 aliphatic heterocycles. The molecule has 4 heterocycles. The van der Waals surface area contributed by atoms with Crippen LogP contribution in [-0.4, -0.2) is 26.2 Å². The second-order valence-electron chi connectivity index (χ2n) is 24.6. The van der Waals surface area contributed by atoms with Gasteiger partial charge in [0.05, 0.1) is 16.7 Å². The fourth-order valence-electron chi connectivity index (χ4n) is 14.6. The Morgan fingerprint density at radius 2 is 0.696 bits per heavy atom. The first-order chi connectivity index (χ1) is 45.3. The molecule has 6 nitrogen and oxygen atoms in total. The van der Waals surface area contributed by atoms with E-state index in [-0.39, 0.29) is 6.71 Å². The van der Waals surface area contributed by atoms with Crippen molar-refractivity contribution in [3.63, 3.8) is 0 Å². The van der Waals surface area contributed by atoms with Crippen LogP contribution in [0.1, 0.15) is 22.3 Å². The molecule has 0 saturated carbocycles. The van der Waals surface area contributed by atoms with Crippen molar-refractivity contribution in [2.75, 3.05) is 9.80 Å². The Morgan fingerprint density at radius 3 is 1.20 bits per heavy atom. The largest absolute Gasteiger partial charge is 0.311 e. The number of anilines is 6. The van der Waals surface area contributed by atoms with Crippen molar-refractivity contribution in [1.82, 2.24) is 19.5 Å². The maximum atomic E-state index is 5.32. The topological polar surface area (TPSA) is 50.1 Å². The average Bonchev–Trinajstić information content (AvgIpc) is 0.772. The zero-order valence-electron chi connectivity index (χ0n) is 51.6. The lowest BCUT2D eigenvalue weighted by Gasteiger charge is -2.44. The van der Waals surface area contributed by atoms with Crippen molar-refractivity contribution >= 4 is 79.0 Å². The van der Waals surface area contributed by atoms with Gasteiger partial charge in [-0.2, -0.15) is 0 Å². The molecule has 2 aromatic heterocycles. The number of hydrogen-bond donors (Lipinski definition) is 0. The Labute approximate surface area is 536 Å². The van der Waals surface area contributed by atoms with Crippen LogP contribution >= 0.6 is 0 Å². The Kier molecular flexibility index (Phi) is 13.1. The maximum absolute atomic E-state index is 5.32. The van der Waals surface area contributed by atoms with E-state index in [9.17, 15) is 0 Å².